The molecule has 1 saturated carbocycles. The van der Waals surface area contributed by atoms with Crippen LogP contribution in [0.15, 0.2) is 4.42 Å². The second-order valence-corrected chi connectivity index (χ2v) is 5.99. The number of ether oxygens (including phenoxy) is 2. The Morgan fingerprint density at radius 1 is 1.20 bits per heavy atom. The van der Waals surface area contributed by atoms with Crippen LogP contribution in [0.5, 0.6) is 0 Å². The van der Waals surface area contributed by atoms with Crippen molar-refractivity contribution < 1.29 is 33.1 Å². The molecular weight excluding hydrogens is 330 g/mol. The van der Waals surface area contributed by atoms with E-state index in [1.165, 1.54) is 13.8 Å². The monoisotopic (exact) mass is 351 g/mol. The van der Waals surface area contributed by atoms with Crippen molar-refractivity contribution in [3.05, 3.63) is 16.9 Å². The molecule has 0 aromatic carbocycles. The van der Waals surface area contributed by atoms with E-state index >= 15 is 0 Å². The van der Waals surface area contributed by atoms with Gasteiger partial charge in [0, 0.05) is 0 Å². The van der Waals surface area contributed by atoms with Crippen molar-refractivity contribution >= 4 is 29.5 Å². The lowest BCUT2D eigenvalue weighted by Crippen LogP contribution is -2.23. The van der Waals surface area contributed by atoms with Crippen molar-refractivity contribution in [3.63, 3.8) is 0 Å². The van der Waals surface area contributed by atoms with Crippen LogP contribution in [0.4, 0.5) is 5.88 Å². The molecule has 0 unspecified atom stereocenters. The molecule has 1 heterocycles. The number of amides is 1. The van der Waals surface area contributed by atoms with E-state index in [2.05, 4.69) is 5.32 Å². The molecule has 1 aromatic rings. The van der Waals surface area contributed by atoms with Crippen LogP contribution in [0.2, 0.25) is 0 Å². The number of carbonyl (C=O) groups is 4. The number of hydrogen-bond acceptors (Lipinski definition) is 7. The van der Waals surface area contributed by atoms with Crippen LogP contribution in [0.1, 0.15) is 53.7 Å². The summed E-state index contributed by atoms with van der Waals surface area (Å²) in [5.74, 6) is -2.14. The minimum Gasteiger partial charge on any atom is -0.462 e. The Bertz CT molecular complexity index is 719. The maximum absolute atomic E-state index is 12.1. The predicted octanol–water partition coefficient (Wildman–Crippen LogP) is 2.11. The highest BCUT2D eigenvalue weighted by Crippen LogP contribution is 2.38. The number of Topliss-reactive ketones (excluding diaryl/α,β-unsaturated/α-hetero) is 1. The van der Waals surface area contributed by atoms with Gasteiger partial charge >= 0.3 is 11.9 Å². The van der Waals surface area contributed by atoms with Gasteiger partial charge in [0.1, 0.15) is 11.3 Å². The van der Waals surface area contributed by atoms with E-state index in [-0.39, 0.29) is 47.0 Å². The molecule has 2 rings (SSSR count). The summed E-state index contributed by atoms with van der Waals surface area (Å²) in [7, 11) is 0. The average molecular weight is 351 g/mol. The first kappa shape index (κ1) is 18.7. The molecule has 1 N–H and O–H groups in total. The molecule has 8 nitrogen and oxygen atoms in total. The summed E-state index contributed by atoms with van der Waals surface area (Å²) >= 11 is 0. The SMILES string of the molecule is CCOC(=O)c1c(NC(=O)COC(=O)[C@@H]2C[C@@H]2C)oc(C)c1C(C)=O. The minimum atomic E-state index is -0.774. The quantitative estimate of drug-likeness (QED) is 0.591. The first-order valence-corrected chi connectivity index (χ1v) is 8.04. The van der Waals surface area contributed by atoms with Crippen molar-refractivity contribution in [3.8, 4) is 0 Å². The van der Waals surface area contributed by atoms with Crippen molar-refractivity contribution in [1.82, 2.24) is 0 Å². The normalized spacial score (nSPS) is 18.4. The van der Waals surface area contributed by atoms with Crippen LogP contribution in [0.25, 0.3) is 0 Å². The fourth-order valence-corrected chi connectivity index (χ4v) is 2.51. The molecule has 1 fully saturated rings. The van der Waals surface area contributed by atoms with E-state index in [0.717, 1.165) is 6.42 Å². The van der Waals surface area contributed by atoms with E-state index in [0.29, 0.717) is 0 Å². The Morgan fingerprint density at radius 2 is 1.84 bits per heavy atom. The third-order valence-electron chi connectivity index (χ3n) is 3.93. The molecule has 1 aliphatic rings. The van der Waals surface area contributed by atoms with E-state index in [1.54, 1.807) is 6.92 Å². The van der Waals surface area contributed by atoms with Gasteiger partial charge in [-0.3, -0.25) is 19.7 Å². The lowest BCUT2D eigenvalue weighted by atomic mass is 10.1. The van der Waals surface area contributed by atoms with Gasteiger partial charge in [0.2, 0.25) is 5.88 Å². The zero-order chi connectivity index (χ0) is 18.7. The molecule has 1 aliphatic carbocycles. The third-order valence-corrected chi connectivity index (χ3v) is 3.93. The highest BCUT2D eigenvalue weighted by atomic mass is 16.5. The molecule has 0 aliphatic heterocycles. The predicted molar refractivity (Wildman–Crippen MR) is 86.3 cm³/mol. The highest BCUT2D eigenvalue weighted by molar-refractivity contribution is 6.10. The number of nitrogens with one attached hydrogen (secondary N) is 1. The van der Waals surface area contributed by atoms with Crippen LogP contribution in [-0.4, -0.2) is 36.8 Å². The minimum absolute atomic E-state index is 0.0533. The van der Waals surface area contributed by atoms with Crippen LogP contribution < -0.4 is 5.32 Å². The summed E-state index contributed by atoms with van der Waals surface area (Å²) in [6.45, 7) is 5.93. The van der Waals surface area contributed by atoms with Crippen molar-refractivity contribution in [2.24, 2.45) is 11.8 Å². The van der Waals surface area contributed by atoms with Crippen molar-refractivity contribution in [1.29, 1.82) is 0 Å². The number of esters is 2. The number of furan rings is 1. The summed E-state index contributed by atoms with van der Waals surface area (Å²) in [6, 6.07) is 0. The summed E-state index contributed by atoms with van der Waals surface area (Å²) < 4.78 is 15.2. The lowest BCUT2D eigenvalue weighted by Gasteiger charge is -2.07. The zero-order valence-electron chi connectivity index (χ0n) is 14.6. The van der Waals surface area contributed by atoms with Gasteiger partial charge in [-0.2, -0.15) is 0 Å². The van der Waals surface area contributed by atoms with Gasteiger partial charge in [-0.05, 0) is 33.1 Å². The van der Waals surface area contributed by atoms with Crippen molar-refractivity contribution in [2.45, 2.75) is 34.1 Å². The molecule has 1 amide bonds. The maximum atomic E-state index is 12.1. The van der Waals surface area contributed by atoms with Gasteiger partial charge in [0.25, 0.3) is 5.91 Å². The number of carbonyl (C=O) groups excluding carboxylic acids is 4. The molecule has 0 spiro atoms. The van der Waals surface area contributed by atoms with Gasteiger partial charge < -0.3 is 13.9 Å². The summed E-state index contributed by atoms with van der Waals surface area (Å²) in [5, 5.41) is 2.36. The fraction of sp³-hybridized carbons (Fsp3) is 0.529. The fourth-order valence-electron chi connectivity index (χ4n) is 2.51. The molecule has 0 saturated heterocycles. The Kier molecular flexibility index (Phi) is 5.61. The summed E-state index contributed by atoms with van der Waals surface area (Å²) in [6.07, 6.45) is 0.757. The molecule has 8 heteroatoms. The van der Waals surface area contributed by atoms with Gasteiger partial charge in [-0.1, -0.05) is 6.92 Å². The largest absolute Gasteiger partial charge is 0.462 e. The third kappa shape index (κ3) is 4.26. The number of aryl methyl sites for hydroxylation is 1. The number of anilines is 1. The highest BCUT2D eigenvalue weighted by Gasteiger charge is 2.40. The smallest absolute Gasteiger partial charge is 0.344 e. The van der Waals surface area contributed by atoms with Gasteiger partial charge in [0.15, 0.2) is 12.4 Å². The van der Waals surface area contributed by atoms with Crippen molar-refractivity contribution in [2.75, 3.05) is 18.5 Å². The summed E-state index contributed by atoms with van der Waals surface area (Å²) in [5.41, 5.74) is -0.0834. The Morgan fingerprint density at radius 3 is 2.36 bits per heavy atom. The molecular formula is C17H21NO7. The number of hydrogen-bond donors (Lipinski definition) is 1. The summed E-state index contributed by atoms with van der Waals surface area (Å²) in [4.78, 5) is 47.5. The standard InChI is InChI=1S/C17H21NO7/c1-5-23-17(22)14-13(9(3)19)10(4)25-15(14)18-12(20)7-24-16(21)11-6-8(11)2/h8,11H,5-7H2,1-4H3,(H,18,20)/t8-,11+/m0/s1. The average Bonchev–Trinajstić information content (AvgIpc) is 3.16. The van der Waals surface area contributed by atoms with Gasteiger partial charge in [-0.15, -0.1) is 0 Å². The molecule has 0 bridgehead atoms. The molecule has 0 radical (unpaired) electrons. The second-order valence-electron chi connectivity index (χ2n) is 5.99. The van der Waals surface area contributed by atoms with Crippen LogP contribution in [0.3, 0.4) is 0 Å². The van der Waals surface area contributed by atoms with Crippen LogP contribution in [-0.2, 0) is 19.1 Å². The zero-order valence-corrected chi connectivity index (χ0v) is 14.6. The van der Waals surface area contributed by atoms with Crippen LogP contribution in [0, 0.1) is 18.8 Å². The van der Waals surface area contributed by atoms with E-state index in [1.807, 2.05) is 6.92 Å². The second kappa shape index (κ2) is 7.50. The lowest BCUT2D eigenvalue weighted by molar-refractivity contribution is -0.148. The van der Waals surface area contributed by atoms with Gasteiger partial charge in [-0.25, -0.2) is 4.79 Å². The Labute approximate surface area is 144 Å². The first-order chi connectivity index (χ1) is 11.8. The first-order valence-electron chi connectivity index (χ1n) is 8.04. The van der Waals surface area contributed by atoms with Crippen LogP contribution >= 0.6 is 0 Å². The van der Waals surface area contributed by atoms with E-state index < -0.39 is 24.5 Å². The molecule has 2 atom stereocenters. The molecule has 136 valence electrons. The van der Waals surface area contributed by atoms with E-state index in [4.69, 9.17) is 13.9 Å². The maximum Gasteiger partial charge on any atom is 0.344 e. The molecule has 25 heavy (non-hydrogen) atoms. The Hall–Kier alpha value is -2.64. The van der Waals surface area contributed by atoms with E-state index in [9.17, 15) is 19.2 Å². The Balaban J connectivity index is 2.11. The number of ketones is 1. The topological polar surface area (TPSA) is 112 Å². The van der Waals surface area contributed by atoms with Gasteiger partial charge in [0.05, 0.1) is 18.1 Å². The number of rotatable bonds is 7. The molecule has 1 aromatic heterocycles.